The summed E-state index contributed by atoms with van der Waals surface area (Å²) in [5.74, 6) is 2.31. The van der Waals surface area contributed by atoms with Crippen LogP contribution in [0.1, 0.15) is 65.2 Å². The number of nitriles is 1. The number of ether oxygens (including phenoxy) is 2. The first kappa shape index (κ1) is 16.3. The van der Waals surface area contributed by atoms with Gasteiger partial charge in [0.25, 0.3) is 0 Å². The average Bonchev–Trinajstić information content (AvgIpc) is 3.19. The molecule has 1 aliphatic heterocycles. The molecule has 1 heterocycles. The Morgan fingerprint density at radius 3 is 2.60 bits per heavy atom. The van der Waals surface area contributed by atoms with Crippen molar-refractivity contribution in [1.29, 1.82) is 5.26 Å². The number of nitrogens with zero attached hydrogens (tertiary/aromatic N) is 1. The molecule has 5 rings (SSSR count). The van der Waals surface area contributed by atoms with Crippen molar-refractivity contribution < 1.29 is 9.47 Å². The molecule has 25 heavy (non-hydrogen) atoms. The topological polar surface area (TPSA) is 42.2 Å². The highest BCUT2D eigenvalue weighted by molar-refractivity contribution is 5.27. The van der Waals surface area contributed by atoms with Crippen LogP contribution in [-0.2, 0) is 9.47 Å². The number of hydrogen-bond donors (Lipinski definition) is 0. The van der Waals surface area contributed by atoms with Gasteiger partial charge in [-0.15, -0.1) is 0 Å². The Balaban J connectivity index is 1.45. The minimum atomic E-state index is -0.305. The van der Waals surface area contributed by atoms with Crippen LogP contribution in [0, 0.1) is 45.8 Å². The summed E-state index contributed by atoms with van der Waals surface area (Å²) >= 11 is 0. The molecular formula is C22H31NO2. The maximum absolute atomic E-state index is 9.63. The third-order valence-electron chi connectivity index (χ3n) is 9.08. The quantitative estimate of drug-likeness (QED) is 0.593. The highest BCUT2D eigenvalue weighted by Crippen LogP contribution is 2.66. The van der Waals surface area contributed by atoms with Gasteiger partial charge < -0.3 is 9.47 Å². The molecule has 0 aromatic rings. The van der Waals surface area contributed by atoms with Crippen molar-refractivity contribution in [3.05, 3.63) is 11.6 Å². The summed E-state index contributed by atoms with van der Waals surface area (Å²) in [6, 6.07) is 2.65. The number of rotatable bonds is 0. The minimum Gasteiger partial charge on any atom is -0.347 e. The van der Waals surface area contributed by atoms with Crippen LogP contribution in [-0.4, -0.2) is 19.0 Å². The van der Waals surface area contributed by atoms with Crippen LogP contribution in [0.15, 0.2) is 11.6 Å². The number of hydrogen-bond acceptors (Lipinski definition) is 3. The Hall–Kier alpha value is -0.850. The van der Waals surface area contributed by atoms with Crippen LogP contribution in [0.25, 0.3) is 0 Å². The third-order valence-corrected chi connectivity index (χ3v) is 9.08. The fourth-order valence-electron chi connectivity index (χ4n) is 7.56. The first-order valence-electron chi connectivity index (χ1n) is 10.4. The van der Waals surface area contributed by atoms with Crippen LogP contribution >= 0.6 is 0 Å². The van der Waals surface area contributed by atoms with Crippen LogP contribution in [0.4, 0.5) is 0 Å². The van der Waals surface area contributed by atoms with E-state index in [1.807, 2.05) is 0 Å². The molecule has 3 heteroatoms. The van der Waals surface area contributed by atoms with Crippen molar-refractivity contribution in [3.8, 4) is 6.07 Å². The number of fused-ring (bicyclic) bond motifs is 5. The highest BCUT2D eigenvalue weighted by Gasteiger charge is 2.60. The molecule has 1 spiro atoms. The second-order valence-corrected chi connectivity index (χ2v) is 9.85. The van der Waals surface area contributed by atoms with Gasteiger partial charge in [0.2, 0.25) is 0 Å². The first-order valence-corrected chi connectivity index (χ1v) is 10.4. The monoisotopic (exact) mass is 341 g/mol. The fraction of sp³-hybridized carbons (Fsp3) is 0.864. The fourth-order valence-corrected chi connectivity index (χ4v) is 7.56. The Morgan fingerprint density at radius 1 is 1.04 bits per heavy atom. The molecule has 0 aromatic heterocycles. The molecule has 3 nitrogen and oxygen atoms in total. The molecule has 0 radical (unpaired) electrons. The van der Waals surface area contributed by atoms with Crippen molar-refractivity contribution in [2.24, 2.45) is 34.5 Å². The lowest BCUT2D eigenvalue weighted by molar-refractivity contribution is -0.185. The zero-order valence-corrected chi connectivity index (χ0v) is 15.7. The van der Waals surface area contributed by atoms with Crippen molar-refractivity contribution in [2.75, 3.05) is 13.2 Å². The van der Waals surface area contributed by atoms with Crippen molar-refractivity contribution in [3.63, 3.8) is 0 Å². The second-order valence-electron chi connectivity index (χ2n) is 9.85. The molecule has 0 N–H and O–H groups in total. The Morgan fingerprint density at radius 2 is 1.84 bits per heavy atom. The van der Waals surface area contributed by atoms with Crippen LogP contribution in [0.2, 0.25) is 0 Å². The zero-order valence-electron chi connectivity index (χ0n) is 15.7. The molecule has 4 fully saturated rings. The lowest BCUT2D eigenvalue weighted by atomic mass is 9.47. The summed E-state index contributed by atoms with van der Waals surface area (Å²) in [5.41, 5.74) is 2.21. The van der Waals surface area contributed by atoms with E-state index in [4.69, 9.17) is 9.47 Å². The summed E-state index contributed by atoms with van der Waals surface area (Å²) in [5, 5.41) is 9.63. The molecule has 5 aliphatic rings. The second kappa shape index (κ2) is 5.33. The van der Waals surface area contributed by atoms with Gasteiger partial charge in [-0.1, -0.05) is 25.5 Å². The summed E-state index contributed by atoms with van der Waals surface area (Å²) in [6.07, 6.45) is 11.9. The van der Waals surface area contributed by atoms with Gasteiger partial charge in [-0.3, -0.25) is 0 Å². The zero-order chi connectivity index (χ0) is 17.3. The van der Waals surface area contributed by atoms with E-state index in [9.17, 15) is 5.26 Å². The van der Waals surface area contributed by atoms with E-state index in [1.165, 1.54) is 32.1 Å². The summed E-state index contributed by atoms with van der Waals surface area (Å²) in [4.78, 5) is 0. The molecule has 0 amide bonds. The summed E-state index contributed by atoms with van der Waals surface area (Å²) in [6.45, 7) is 6.46. The predicted molar refractivity (Wildman–Crippen MR) is 95.4 cm³/mol. The van der Waals surface area contributed by atoms with Crippen molar-refractivity contribution in [2.45, 2.75) is 71.0 Å². The van der Waals surface area contributed by atoms with Gasteiger partial charge in [0, 0.05) is 12.8 Å². The van der Waals surface area contributed by atoms with Crippen molar-refractivity contribution in [1.82, 2.24) is 0 Å². The normalized spacial score (nSPS) is 50.5. The minimum absolute atomic E-state index is 0.269. The van der Waals surface area contributed by atoms with E-state index in [0.717, 1.165) is 50.2 Å². The van der Waals surface area contributed by atoms with Crippen molar-refractivity contribution >= 4 is 0 Å². The smallest absolute Gasteiger partial charge is 0.172 e. The van der Waals surface area contributed by atoms with Gasteiger partial charge in [0.1, 0.15) is 0 Å². The van der Waals surface area contributed by atoms with Gasteiger partial charge >= 0.3 is 0 Å². The maximum atomic E-state index is 9.63. The molecule has 4 aliphatic carbocycles. The molecule has 0 aromatic carbocycles. The largest absolute Gasteiger partial charge is 0.347 e. The van der Waals surface area contributed by atoms with Gasteiger partial charge in [-0.05, 0) is 67.1 Å². The Labute approximate surface area is 151 Å². The Kier molecular flexibility index (Phi) is 3.48. The van der Waals surface area contributed by atoms with Gasteiger partial charge in [0.05, 0.1) is 25.2 Å². The molecule has 1 saturated heterocycles. The molecule has 136 valence electrons. The van der Waals surface area contributed by atoms with Crippen LogP contribution in [0.3, 0.4) is 0 Å². The van der Waals surface area contributed by atoms with E-state index in [-0.39, 0.29) is 17.1 Å². The lowest BCUT2D eigenvalue weighted by Gasteiger charge is -2.58. The number of allylic oxidation sites excluding steroid dienone is 1. The molecule has 0 bridgehead atoms. The van der Waals surface area contributed by atoms with Crippen LogP contribution < -0.4 is 0 Å². The van der Waals surface area contributed by atoms with E-state index >= 15 is 0 Å². The predicted octanol–water partition coefficient (Wildman–Crippen LogP) is 4.83. The lowest BCUT2D eigenvalue weighted by Crippen LogP contribution is -2.52. The Bertz CT molecular complexity index is 643. The van der Waals surface area contributed by atoms with E-state index in [0.29, 0.717) is 5.41 Å². The highest BCUT2D eigenvalue weighted by atomic mass is 16.7. The van der Waals surface area contributed by atoms with Gasteiger partial charge in [0.15, 0.2) is 5.79 Å². The SMILES string of the molecule is C[C@]12CC[C@@H]3[C@H](CC=C4CC5(CC[C@@]43C)OCCO5)[C@H]1CC[C@H]2C#N. The summed E-state index contributed by atoms with van der Waals surface area (Å²) in [7, 11) is 0. The van der Waals surface area contributed by atoms with E-state index in [2.05, 4.69) is 26.0 Å². The first-order chi connectivity index (χ1) is 12.0. The average molecular weight is 341 g/mol. The van der Waals surface area contributed by atoms with Gasteiger partial charge in [-0.2, -0.15) is 5.26 Å². The van der Waals surface area contributed by atoms with E-state index in [1.54, 1.807) is 5.57 Å². The molecule has 6 atom stereocenters. The maximum Gasteiger partial charge on any atom is 0.172 e. The summed E-state index contributed by atoms with van der Waals surface area (Å²) < 4.78 is 12.1. The van der Waals surface area contributed by atoms with Gasteiger partial charge in [-0.25, -0.2) is 0 Å². The van der Waals surface area contributed by atoms with E-state index < -0.39 is 0 Å². The molecule has 0 unspecified atom stereocenters. The third kappa shape index (κ3) is 2.10. The standard InChI is InChI=1S/C22H31NO2/c1-20-8-7-19-17(18(20)6-4-16(20)14-23)5-3-15-13-22(24-11-12-25-22)10-9-21(15,19)2/h3,16-19H,4-13H2,1-2H3/t16-,17+,18+,19+,20+,21-/m0/s1. The molecule has 3 saturated carbocycles. The molecular weight excluding hydrogens is 310 g/mol. The van der Waals surface area contributed by atoms with Crippen LogP contribution in [0.5, 0.6) is 0 Å².